The van der Waals surface area contributed by atoms with Crippen molar-refractivity contribution in [3.63, 3.8) is 0 Å². The largest absolute Gasteiger partial charge is 0.467 e. The molecule has 0 amide bonds. The smallest absolute Gasteiger partial charge is 0.125 e. The van der Waals surface area contributed by atoms with E-state index in [1.54, 1.807) is 6.26 Å². The van der Waals surface area contributed by atoms with Crippen LogP contribution in [0.5, 0.6) is 0 Å². The van der Waals surface area contributed by atoms with E-state index in [4.69, 9.17) is 4.42 Å². The first-order valence-corrected chi connectivity index (χ1v) is 6.15. The van der Waals surface area contributed by atoms with E-state index >= 15 is 0 Å². The molecule has 0 aliphatic rings. The molecule has 1 aromatic carbocycles. The minimum absolute atomic E-state index is 0.728. The Morgan fingerprint density at radius 1 is 1.11 bits per heavy atom. The molecule has 0 fully saturated rings. The van der Waals surface area contributed by atoms with Gasteiger partial charge in [-0.15, -0.1) is 0 Å². The lowest BCUT2D eigenvalue weighted by molar-refractivity contribution is 0.402. The Morgan fingerprint density at radius 3 is 2.39 bits per heavy atom. The van der Waals surface area contributed by atoms with E-state index in [-0.39, 0.29) is 0 Å². The molecule has 0 radical (unpaired) electrons. The second-order valence-corrected chi connectivity index (χ2v) is 4.82. The number of nitrogens with zero attached hydrogens (tertiary/aromatic N) is 1. The summed E-state index contributed by atoms with van der Waals surface area (Å²) in [6, 6.07) is 10.5. The minimum Gasteiger partial charge on any atom is -0.467 e. The van der Waals surface area contributed by atoms with Crippen LogP contribution in [-0.2, 0) is 13.1 Å². The van der Waals surface area contributed by atoms with Crippen LogP contribution in [0.15, 0.2) is 41.0 Å². The van der Waals surface area contributed by atoms with Crippen LogP contribution in [0.1, 0.15) is 16.9 Å². The lowest BCUT2D eigenvalue weighted by atomic mass is 10.2. The Bertz CT molecular complexity index is 485. The number of rotatable bonds is 5. The van der Waals surface area contributed by atoms with Crippen LogP contribution in [0.3, 0.4) is 0 Å². The van der Waals surface area contributed by atoms with Gasteiger partial charge in [0, 0.05) is 12.2 Å². The second kappa shape index (κ2) is 5.74. The van der Waals surface area contributed by atoms with Crippen LogP contribution in [-0.4, -0.2) is 19.0 Å². The van der Waals surface area contributed by atoms with Crippen molar-refractivity contribution in [1.82, 2.24) is 4.90 Å². The lowest BCUT2D eigenvalue weighted by Gasteiger charge is -2.10. The quantitative estimate of drug-likeness (QED) is 0.875. The predicted molar refractivity (Wildman–Crippen MR) is 74.6 cm³/mol. The van der Waals surface area contributed by atoms with E-state index in [1.165, 1.54) is 11.1 Å². The zero-order chi connectivity index (χ0) is 13.0. The van der Waals surface area contributed by atoms with Gasteiger partial charge in [-0.25, -0.2) is 0 Å². The van der Waals surface area contributed by atoms with Gasteiger partial charge in [-0.3, -0.25) is 0 Å². The molecule has 0 atom stereocenters. The van der Waals surface area contributed by atoms with Gasteiger partial charge >= 0.3 is 0 Å². The third kappa shape index (κ3) is 3.37. The monoisotopic (exact) mass is 244 g/mol. The third-order valence-electron chi connectivity index (χ3n) is 2.87. The molecule has 3 heteroatoms. The van der Waals surface area contributed by atoms with Gasteiger partial charge in [-0.2, -0.15) is 0 Å². The topological polar surface area (TPSA) is 28.4 Å². The van der Waals surface area contributed by atoms with Crippen molar-refractivity contribution in [3.8, 4) is 0 Å². The maximum absolute atomic E-state index is 5.39. The van der Waals surface area contributed by atoms with E-state index in [1.807, 2.05) is 6.07 Å². The van der Waals surface area contributed by atoms with E-state index in [0.29, 0.717) is 0 Å². The van der Waals surface area contributed by atoms with Gasteiger partial charge in [0.05, 0.1) is 12.8 Å². The van der Waals surface area contributed by atoms with Crippen molar-refractivity contribution in [3.05, 3.63) is 53.5 Å². The van der Waals surface area contributed by atoms with Crippen LogP contribution in [0.2, 0.25) is 0 Å². The summed E-state index contributed by atoms with van der Waals surface area (Å²) in [5.41, 5.74) is 3.62. The molecule has 1 aromatic heterocycles. The summed E-state index contributed by atoms with van der Waals surface area (Å²) in [5.74, 6) is 0.993. The predicted octanol–water partition coefficient (Wildman–Crippen LogP) is 3.26. The van der Waals surface area contributed by atoms with Crippen LogP contribution < -0.4 is 5.32 Å². The fraction of sp³-hybridized carbons (Fsp3) is 0.333. The van der Waals surface area contributed by atoms with Crippen LogP contribution in [0.25, 0.3) is 0 Å². The molecular formula is C15H20N2O. The van der Waals surface area contributed by atoms with Crippen LogP contribution in [0.4, 0.5) is 5.69 Å². The number of hydrogen-bond acceptors (Lipinski definition) is 3. The summed E-state index contributed by atoms with van der Waals surface area (Å²) >= 11 is 0. The normalized spacial score (nSPS) is 10.9. The molecule has 0 aliphatic heterocycles. The van der Waals surface area contributed by atoms with Crippen molar-refractivity contribution < 1.29 is 4.42 Å². The van der Waals surface area contributed by atoms with Crippen molar-refractivity contribution in [2.24, 2.45) is 0 Å². The molecule has 0 spiro atoms. The Morgan fingerprint density at radius 2 is 1.83 bits per heavy atom. The average molecular weight is 244 g/mol. The molecule has 2 rings (SSSR count). The molecule has 0 unspecified atom stereocenters. The van der Waals surface area contributed by atoms with Crippen molar-refractivity contribution in [1.29, 1.82) is 0 Å². The van der Waals surface area contributed by atoms with E-state index in [2.05, 4.69) is 55.5 Å². The second-order valence-electron chi connectivity index (χ2n) is 4.82. The molecule has 0 bridgehead atoms. The Balaban J connectivity index is 1.92. The summed E-state index contributed by atoms with van der Waals surface area (Å²) in [5, 5.41) is 3.36. The number of furan rings is 1. The van der Waals surface area contributed by atoms with Crippen molar-refractivity contribution >= 4 is 5.69 Å². The van der Waals surface area contributed by atoms with Gasteiger partial charge in [0.1, 0.15) is 5.76 Å². The molecule has 0 saturated heterocycles. The first kappa shape index (κ1) is 12.7. The van der Waals surface area contributed by atoms with Gasteiger partial charge in [0.2, 0.25) is 0 Å². The van der Waals surface area contributed by atoms with Gasteiger partial charge in [0.15, 0.2) is 0 Å². The Labute approximate surface area is 108 Å². The minimum atomic E-state index is 0.728. The van der Waals surface area contributed by atoms with Crippen LogP contribution >= 0.6 is 0 Å². The fourth-order valence-electron chi connectivity index (χ4n) is 1.86. The Hall–Kier alpha value is -1.74. The molecule has 0 aliphatic carbocycles. The summed E-state index contributed by atoms with van der Waals surface area (Å²) < 4.78 is 5.39. The highest BCUT2D eigenvalue weighted by Crippen LogP contribution is 2.14. The van der Waals surface area contributed by atoms with E-state index in [9.17, 15) is 0 Å². The SMILES string of the molecule is Cc1ccoc1CNc1ccc(CN(C)C)cc1. The first-order chi connectivity index (χ1) is 8.65. The number of benzene rings is 1. The molecule has 1 heterocycles. The standard InChI is InChI=1S/C15H20N2O/c1-12-8-9-18-15(12)10-16-14-6-4-13(5-7-14)11-17(2)3/h4-9,16H,10-11H2,1-3H3. The van der Waals surface area contributed by atoms with Gasteiger partial charge < -0.3 is 14.6 Å². The van der Waals surface area contributed by atoms with E-state index in [0.717, 1.165) is 24.5 Å². The molecule has 0 saturated carbocycles. The molecule has 2 aromatic rings. The lowest BCUT2D eigenvalue weighted by Crippen LogP contribution is -2.10. The molecule has 18 heavy (non-hydrogen) atoms. The van der Waals surface area contributed by atoms with Crippen molar-refractivity contribution in [2.75, 3.05) is 19.4 Å². The number of nitrogens with one attached hydrogen (secondary N) is 1. The molecule has 96 valence electrons. The van der Waals surface area contributed by atoms with Gasteiger partial charge in [-0.1, -0.05) is 12.1 Å². The maximum Gasteiger partial charge on any atom is 0.125 e. The highest BCUT2D eigenvalue weighted by molar-refractivity contribution is 5.45. The van der Waals surface area contributed by atoms with Crippen molar-refractivity contribution in [2.45, 2.75) is 20.0 Å². The molecule has 3 nitrogen and oxygen atoms in total. The third-order valence-corrected chi connectivity index (χ3v) is 2.87. The molecule has 1 N–H and O–H groups in total. The number of aryl methyl sites for hydroxylation is 1. The summed E-state index contributed by atoms with van der Waals surface area (Å²) in [7, 11) is 4.15. The average Bonchev–Trinajstić information content (AvgIpc) is 2.73. The molecular weight excluding hydrogens is 224 g/mol. The Kier molecular flexibility index (Phi) is 4.05. The maximum atomic E-state index is 5.39. The van der Waals surface area contributed by atoms with Gasteiger partial charge in [-0.05, 0) is 50.3 Å². The van der Waals surface area contributed by atoms with Crippen LogP contribution in [0, 0.1) is 6.92 Å². The highest BCUT2D eigenvalue weighted by atomic mass is 16.3. The fourth-order valence-corrected chi connectivity index (χ4v) is 1.86. The summed E-state index contributed by atoms with van der Waals surface area (Å²) in [4.78, 5) is 2.16. The number of anilines is 1. The first-order valence-electron chi connectivity index (χ1n) is 6.15. The zero-order valence-corrected chi connectivity index (χ0v) is 11.2. The zero-order valence-electron chi connectivity index (χ0n) is 11.2. The summed E-state index contributed by atoms with van der Waals surface area (Å²) in [6.45, 7) is 3.75. The van der Waals surface area contributed by atoms with E-state index < -0.39 is 0 Å². The number of hydrogen-bond donors (Lipinski definition) is 1. The summed E-state index contributed by atoms with van der Waals surface area (Å²) in [6.07, 6.45) is 1.73. The van der Waals surface area contributed by atoms with Gasteiger partial charge in [0.25, 0.3) is 0 Å². The highest BCUT2D eigenvalue weighted by Gasteiger charge is 2.01.